The van der Waals surface area contributed by atoms with Crippen LogP contribution in [0.15, 0.2) is 42.4 Å². The molecule has 2 N–H and O–H groups in total. The number of hydrogen-bond acceptors (Lipinski definition) is 3. The second kappa shape index (κ2) is 8.37. The van der Waals surface area contributed by atoms with Crippen LogP contribution in [0.2, 0.25) is 0 Å². The lowest BCUT2D eigenvalue weighted by Crippen LogP contribution is -2.12. The van der Waals surface area contributed by atoms with E-state index < -0.39 is 25.3 Å². The molecule has 5 rings (SSSR count). The maximum atomic E-state index is 12.6. The van der Waals surface area contributed by atoms with Gasteiger partial charge in [-0.05, 0) is 73.7 Å². The lowest BCUT2D eigenvalue weighted by molar-refractivity contribution is -0.148. The Labute approximate surface area is 189 Å². The molecule has 1 unspecified atom stereocenters. The Morgan fingerprint density at radius 2 is 1.42 bits per heavy atom. The SMILES string of the molecule is [2H]c1c(C(C)OCCC(F)(F)F)c2cc3nc(cc4ccc(cc5nc(cc1[nH]2)C=C5)[nH]4)C=C3. The minimum Gasteiger partial charge on any atom is -0.373 e. The van der Waals surface area contributed by atoms with E-state index in [9.17, 15) is 13.2 Å². The molecule has 0 spiro atoms. The average molecular weight is 451 g/mol. The summed E-state index contributed by atoms with van der Waals surface area (Å²) >= 11 is 0. The maximum absolute atomic E-state index is 12.6. The van der Waals surface area contributed by atoms with E-state index in [4.69, 9.17) is 6.11 Å². The summed E-state index contributed by atoms with van der Waals surface area (Å²) < 4.78 is 51.9. The fraction of sp³-hybridized carbons (Fsp3) is 0.200. The molecular weight excluding hydrogens is 429 g/mol. The van der Waals surface area contributed by atoms with E-state index in [1.807, 2.05) is 48.6 Å². The molecule has 0 fully saturated rings. The van der Waals surface area contributed by atoms with Gasteiger partial charge in [0.15, 0.2) is 0 Å². The molecule has 3 aromatic rings. The third-order valence-corrected chi connectivity index (χ3v) is 5.28. The molecule has 0 aliphatic carbocycles. The lowest BCUT2D eigenvalue weighted by Gasteiger charge is -2.13. The summed E-state index contributed by atoms with van der Waals surface area (Å²) in [6, 6.07) is 11.4. The molecule has 33 heavy (non-hydrogen) atoms. The molecule has 0 saturated carbocycles. The smallest absolute Gasteiger partial charge is 0.373 e. The average Bonchev–Trinajstić information content (AvgIpc) is 3.53. The van der Waals surface area contributed by atoms with Gasteiger partial charge < -0.3 is 14.7 Å². The Morgan fingerprint density at radius 1 is 0.879 bits per heavy atom. The van der Waals surface area contributed by atoms with E-state index in [0.717, 1.165) is 22.4 Å². The quantitative estimate of drug-likeness (QED) is 0.320. The van der Waals surface area contributed by atoms with Gasteiger partial charge in [0.1, 0.15) is 0 Å². The van der Waals surface area contributed by atoms with Gasteiger partial charge in [0.2, 0.25) is 0 Å². The number of ether oxygens (including phenoxy) is 1. The fourth-order valence-electron chi connectivity index (χ4n) is 3.72. The number of aromatic amines is 2. The minimum absolute atomic E-state index is 0.149. The number of H-pyrrole nitrogens is 2. The zero-order valence-electron chi connectivity index (χ0n) is 18.7. The van der Waals surface area contributed by atoms with Gasteiger partial charge in [0, 0.05) is 27.6 Å². The van der Waals surface area contributed by atoms with Crippen LogP contribution in [0.3, 0.4) is 0 Å². The van der Waals surface area contributed by atoms with Crippen molar-refractivity contribution in [3.8, 4) is 0 Å². The maximum Gasteiger partial charge on any atom is 0.391 e. The first-order valence-electron chi connectivity index (χ1n) is 11.0. The molecule has 168 valence electrons. The highest BCUT2D eigenvalue weighted by atomic mass is 19.4. The highest BCUT2D eigenvalue weighted by Crippen LogP contribution is 2.27. The number of nitrogens with zero attached hydrogens (tertiary/aromatic N) is 2. The molecule has 0 aromatic carbocycles. The summed E-state index contributed by atoms with van der Waals surface area (Å²) in [4.78, 5) is 15.7. The van der Waals surface area contributed by atoms with Crippen LogP contribution in [-0.4, -0.2) is 32.7 Å². The molecule has 1 atom stereocenters. The Hall–Kier alpha value is -3.65. The number of halogens is 3. The second-order valence-corrected chi connectivity index (χ2v) is 7.91. The molecule has 5 heterocycles. The molecule has 2 aliphatic heterocycles. The van der Waals surface area contributed by atoms with Crippen LogP contribution in [0.25, 0.3) is 46.4 Å². The standard InChI is InChI=1S/C25H21F3N4O/c1-15(33-9-8-25(26,27)28)23-13-22-12-20-5-4-18(30-20)10-16-2-3-17(29-16)11-19-6-7-21(31-19)14-24(23)32-22/h2-7,10-15,29,32H,8-9H2,1H3/i13D. The minimum atomic E-state index is -4.30. The van der Waals surface area contributed by atoms with Crippen molar-refractivity contribution < 1.29 is 19.3 Å². The zero-order valence-corrected chi connectivity index (χ0v) is 17.7. The Kier molecular flexibility index (Phi) is 5.07. The first-order valence-corrected chi connectivity index (χ1v) is 10.5. The molecule has 5 nitrogen and oxygen atoms in total. The highest BCUT2D eigenvalue weighted by molar-refractivity contribution is 5.78. The molecular formula is C25H21F3N4O. The van der Waals surface area contributed by atoms with Crippen LogP contribution < -0.4 is 0 Å². The zero-order chi connectivity index (χ0) is 23.9. The van der Waals surface area contributed by atoms with Crippen molar-refractivity contribution in [1.82, 2.24) is 19.9 Å². The van der Waals surface area contributed by atoms with E-state index in [1.165, 1.54) is 0 Å². The molecule has 0 saturated heterocycles. The molecule has 2 aliphatic rings. The summed E-state index contributed by atoms with van der Waals surface area (Å²) in [5.74, 6) is 0. The van der Waals surface area contributed by atoms with E-state index in [2.05, 4.69) is 19.9 Å². The van der Waals surface area contributed by atoms with Gasteiger partial charge in [0.05, 0.1) is 43.3 Å². The topological polar surface area (TPSA) is 66.6 Å². The van der Waals surface area contributed by atoms with Crippen LogP contribution >= 0.6 is 0 Å². The summed E-state index contributed by atoms with van der Waals surface area (Å²) in [6.07, 6.45) is 1.36. The lowest BCUT2D eigenvalue weighted by atomic mass is 10.1. The largest absolute Gasteiger partial charge is 0.391 e. The predicted octanol–water partition coefficient (Wildman–Crippen LogP) is 6.69. The van der Waals surface area contributed by atoms with Crippen molar-refractivity contribution in [2.24, 2.45) is 0 Å². The van der Waals surface area contributed by atoms with Gasteiger partial charge in [-0.25, -0.2) is 9.97 Å². The normalized spacial score (nSPS) is 14.5. The van der Waals surface area contributed by atoms with Gasteiger partial charge in [-0.3, -0.25) is 0 Å². The van der Waals surface area contributed by atoms with E-state index in [1.54, 1.807) is 19.1 Å². The van der Waals surface area contributed by atoms with Gasteiger partial charge in [-0.2, -0.15) is 13.2 Å². The third-order valence-electron chi connectivity index (χ3n) is 5.28. The fourth-order valence-corrected chi connectivity index (χ4v) is 3.72. The summed E-state index contributed by atoms with van der Waals surface area (Å²) in [6.45, 7) is 1.17. The number of nitrogens with one attached hydrogen (secondary N) is 2. The highest BCUT2D eigenvalue weighted by Gasteiger charge is 2.27. The van der Waals surface area contributed by atoms with E-state index in [0.29, 0.717) is 28.0 Å². The predicted molar refractivity (Wildman–Crippen MR) is 124 cm³/mol. The summed E-state index contributed by atoms with van der Waals surface area (Å²) in [7, 11) is 0. The van der Waals surface area contributed by atoms with Crippen molar-refractivity contribution in [2.45, 2.75) is 25.6 Å². The van der Waals surface area contributed by atoms with Crippen molar-refractivity contribution in [3.05, 3.63) is 70.8 Å². The Morgan fingerprint density at radius 3 is 2.00 bits per heavy atom. The second-order valence-electron chi connectivity index (χ2n) is 7.91. The van der Waals surface area contributed by atoms with Crippen LogP contribution in [-0.2, 0) is 4.74 Å². The van der Waals surface area contributed by atoms with Crippen molar-refractivity contribution in [3.63, 3.8) is 0 Å². The van der Waals surface area contributed by atoms with Crippen molar-refractivity contribution >= 4 is 46.4 Å². The number of fused-ring (bicyclic) bond motifs is 8. The van der Waals surface area contributed by atoms with E-state index in [-0.39, 0.29) is 6.04 Å². The molecule has 8 bridgehead atoms. The van der Waals surface area contributed by atoms with Crippen LogP contribution in [0, 0.1) is 0 Å². The number of rotatable bonds is 4. The van der Waals surface area contributed by atoms with Crippen molar-refractivity contribution in [2.75, 3.05) is 6.61 Å². The van der Waals surface area contributed by atoms with E-state index >= 15 is 0 Å². The number of alkyl halides is 3. The van der Waals surface area contributed by atoms with Gasteiger partial charge >= 0.3 is 6.18 Å². The van der Waals surface area contributed by atoms with Gasteiger partial charge in [-0.1, -0.05) is 0 Å². The summed E-state index contributed by atoms with van der Waals surface area (Å²) in [5, 5.41) is 0. The molecule has 0 amide bonds. The first kappa shape index (κ1) is 20.0. The molecule has 8 heteroatoms. The molecule has 0 radical (unpaired) electrons. The van der Waals surface area contributed by atoms with Gasteiger partial charge in [0.25, 0.3) is 0 Å². The summed E-state index contributed by atoms with van der Waals surface area (Å²) in [5.41, 5.74) is 6.14. The first-order chi connectivity index (χ1) is 16.2. The van der Waals surface area contributed by atoms with Gasteiger partial charge in [-0.15, -0.1) is 0 Å². The van der Waals surface area contributed by atoms with Crippen LogP contribution in [0.1, 0.15) is 49.2 Å². The van der Waals surface area contributed by atoms with Crippen LogP contribution in [0.5, 0.6) is 0 Å². The Balaban J connectivity index is 1.69. The Bertz CT molecular complexity index is 1470. The number of aromatic nitrogens is 4. The number of hydrogen-bond donors (Lipinski definition) is 2. The van der Waals surface area contributed by atoms with Crippen LogP contribution in [0.4, 0.5) is 13.2 Å². The third kappa shape index (κ3) is 5.06. The monoisotopic (exact) mass is 451 g/mol. The van der Waals surface area contributed by atoms with Crippen molar-refractivity contribution in [1.29, 1.82) is 0 Å². The molecule has 3 aromatic heterocycles.